The summed E-state index contributed by atoms with van der Waals surface area (Å²) in [5.41, 5.74) is -0.226. The number of amides is 1. The molecule has 1 heterocycles. The molecule has 1 aromatic heterocycles. The summed E-state index contributed by atoms with van der Waals surface area (Å²) >= 11 is 0. The summed E-state index contributed by atoms with van der Waals surface area (Å²) in [5, 5.41) is 16.8. The highest BCUT2D eigenvalue weighted by Crippen LogP contribution is 2.18. The predicted molar refractivity (Wildman–Crippen MR) is 64.2 cm³/mol. The van der Waals surface area contributed by atoms with E-state index in [-0.39, 0.29) is 5.56 Å². The van der Waals surface area contributed by atoms with Gasteiger partial charge in [-0.25, -0.2) is 0 Å². The number of benzene rings is 1. The van der Waals surface area contributed by atoms with Gasteiger partial charge in [0.2, 0.25) is 5.82 Å². The number of hydrogen-bond donors (Lipinski definition) is 1. The largest absolute Gasteiger partial charge is 0.319 e. The Labute approximate surface area is 106 Å². The Morgan fingerprint density at radius 3 is 2.79 bits per heavy atom. The second-order valence-corrected chi connectivity index (χ2v) is 3.78. The molecule has 0 aliphatic carbocycles. The first kappa shape index (κ1) is 12.7. The monoisotopic (exact) mass is 264 g/mol. The van der Waals surface area contributed by atoms with E-state index in [0.29, 0.717) is 5.69 Å². The molecule has 0 aliphatic heterocycles. The zero-order valence-corrected chi connectivity index (χ0v) is 9.83. The second-order valence-electron chi connectivity index (χ2n) is 3.78. The van der Waals surface area contributed by atoms with Crippen LogP contribution >= 0.6 is 0 Å². The van der Waals surface area contributed by atoms with Crippen molar-refractivity contribution in [1.29, 1.82) is 0 Å². The molecule has 8 heteroatoms. The van der Waals surface area contributed by atoms with Crippen molar-refractivity contribution in [3.05, 3.63) is 52.1 Å². The molecule has 1 amide bonds. The first-order valence-electron chi connectivity index (χ1n) is 5.21. The second kappa shape index (κ2) is 4.84. The van der Waals surface area contributed by atoms with E-state index in [1.165, 1.54) is 16.9 Å². The van der Waals surface area contributed by atoms with Crippen LogP contribution in [-0.2, 0) is 7.05 Å². The molecule has 7 nitrogen and oxygen atoms in total. The van der Waals surface area contributed by atoms with Crippen LogP contribution in [0.25, 0.3) is 0 Å². The Balaban J connectivity index is 2.20. The van der Waals surface area contributed by atoms with Crippen LogP contribution in [0.3, 0.4) is 0 Å². The lowest BCUT2D eigenvalue weighted by molar-refractivity contribution is -0.387. The predicted octanol–water partition coefficient (Wildman–Crippen LogP) is 1.72. The third-order valence-corrected chi connectivity index (χ3v) is 2.37. The number of rotatable bonds is 3. The van der Waals surface area contributed by atoms with Crippen LogP contribution in [0.2, 0.25) is 0 Å². The van der Waals surface area contributed by atoms with Crippen molar-refractivity contribution in [2.45, 2.75) is 0 Å². The van der Waals surface area contributed by atoms with Crippen molar-refractivity contribution in [3.8, 4) is 0 Å². The first-order valence-corrected chi connectivity index (χ1v) is 5.21. The third-order valence-electron chi connectivity index (χ3n) is 2.37. The van der Waals surface area contributed by atoms with E-state index < -0.39 is 22.3 Å². The zero-order valence-electron chi connectivity index (χ0n) is 9.83. The molecule has 0 atom stereocenters. The summed E-state index contributed by atoms with van der Waals surface area (Å²) in [4.78, 5) is 21.4. The minimum absolute atomic E-state index is 0.00745. The average Bonchev–Trinajstić information content (AvgIpc) is 2.74. The maximum absolute atomic E-state index is 13.4. The Bertz CT molecular complexity index is 653. The van der Waals surface area contributed by atoms with E-state index in [9.17, 15) is 19.3 Å². The molecule has 19 heavy (non-hydrogen) atoms. The summed E-state index contributed by atoms with van der Waals surface area (Å²) < 4.78 is 14.9. The number of hydrogen-bond acceptors (Lipinski definition) is 4. The molecule has 1 aromatic carbocycles. The number of nitro groups is 1. The van der Waals surface area contributed by atoms with Gasteiger partial charge in [0.05, 0.1) is 16.8 Å². The Morgan fingerprint density at radius 2 is 2.26 bits per heavy atom. The molecule has 98 valence electrons. The molecule has 0 saturated heterocycles. The first-order chi connectivity index (χ1) is 8.97. The fourth-order valence-corrected chi connectivity index (χ4v) is 1.49. The van der Waals surface area contributed by atoms with Crippen LogP contribution in [-0.4, -0.2) is 20.6 Å². The summed E-state index contributed by atoms with van der Waals surface area (Å²) in [5.74, 6) is -1.62. The Kier molecular flexibility index (Phi) is 3.23. The lowest BCUT2D eigenvalue weighted by Crippen LogP contribution is -2.12. The highest BCUT2D eigenvalue weighted by molar-refractivity contribution is 6.04. The molecule has 0 radical (unpaired) electrons. The number of aromatic nitrogens is 2. The molecule has 0 unspecified atom stereocenters. The number of carbonyl (C=O) groups is 1. The van der Waals surface area contributed by atoms with E-state index >= 15 is 0 Å². The van der Waals surface area contributed by atoms with Gasteiger partial charge in [0, 0.05) is 24.9 Å². The molecular formula is C11H9FN4O3. The van der Waals surface area contributed by atoms with Gasteiger partial charge in [0.1, 0.15) is 0 Å². The molecular weight excluding hydrogens is 255 g/mol. The van der Waals surface area contributed by atoms with Crippen LogP contribution in [0, 0.1) is 15.9 Å². The fourth-order valence-electron chi connectivity index (χ4n) is 1.49. The van der Waals surface area contributed by atoms with Gasteiger partial charge in [-0.1, -0.05) is 0 Å². The lowest BCUT2D eigenvalue weighted by atomic mass is 10.2. The zero-order chi connectivity index (χ0) is 14.0. The normalized spacial score (nSPS) is 10.2. The smallest absolute Gasteiger partial charge is 0.304 e. The van der Waals surface area contributed by atoms with Gasteiger partial charge in [-0.05, 0) is 12.1 Å². The van der Waals surface area contributed by atoms with Gasteiger partial charge in [0.25, 0.3) is 5.91 Å². The van der Waals surface area contributed by atoms with Gasteiger partial charge in [-0.2, -0.15) is 9.49 Å². The fraction of sp³-hybridized carbons (Fsp3) is 0.0909. The van der Waals surface area contributed by atoms with Gasteiger partial charge < -0.3 is 5.32 Å². The molecule has 0 spiro atoms. The van der Waals surface area contributed by atoms with E-state index in [0.717, 1.165) is 12.1 Å². The van der Waals surface area contributed by atoms with Gasteiger partial charge >= 0.3 is 5.69 Å². The molecule has 1 N–H and O–H groups in total. The van der Waals surface area contributed by atoms with Crippen molar-refractivity contribution in [2.75, 3.05) is 5.32 Å². The lowest BCUT2D eigenvalue weighted by Gasteiger charge is -2.02. The number of nitro benzene ring substituents is 1. The van der Waals surface area contributed by atoms with Gasteiger partial charge in [0.15, 0.2) is 0 Å². The molecule has 0 saturated carbocycles. The van der Waals surface area contributed by atoms with Gasteiger partial charge in [-0.15, -0.1) is 0 Å². The van der Waals surface area contributed by atoms with Crippen molar-refractivity contribution >= 4 is 17.3 Å². The molecule has 0 fully saturated rings. The third kappa shape index (κ3) is 2.73. The summed E-state index contributed by atoms with van der Waals surface area (Å²) in [7, 11) is 1.68. The summed E-state index contributed by atoms with van der Waals surface area (Å²) in [6, 6.07) is 2.96. The summed E-state index contributed by atoms with van der Waals surface area (Å²) in [6.45, 7) is 0. The molecule has 2 rings (SSSR count). The van der Waals surface area contributed by atoms with E-state index in [1.807, 2.05) is 0 Å². The Hall–Kier alpha value is -2.77. The van der Waals surface area contributed by atoms with E-state index in [1.54, 1.807) is 13.2 Å². The van der Waals surface area contributed by atoms with E-state index in [2.05, 4.69) is 10.4 Å². The minimum Gasteiger partial charge on any atom is -0.319 e. The van der Waals surface area contributed by atoms with Crippen LogP contribution in [0.1, 0.15) is 10.4 Å². The number of carbonyl (C=O) groups excluding carboxylic acids is 1. The maximum atomic E-state index is 13.4. The average molecular weight is 264 g/mol. The van der Waals surface area contributed by atoms with Crippen LogP contribution < -0.4 is 5.32 Å². The van der Waals surface area contributed by atoms with Crippen LogP contribution in [0.15, 0.2) is 30.6 Å². The number of nitrogens with one attached hydrogen (secondary N) is 1. The quantitative estimate of drug-likeness (QED) is 0.675. The Morgan fingerprint density at radius 1 is 1.53 bits per heavy atom. The van der Waals surface area contributed by atoms with Crippen molar-refractivity contribution in [2.24, 2.45) is 7.05 Å². The molecule has 2 aromatic rings. The highest BCUT2D eigenvalue weighted by Gasteiger charge is 2.16. The van der Waals surface area contributed by atoms with Crippen molar-refractivity contribution in [3.63, 3.8) is 0 Å². The molecule has 0 aliphatic rings. The highest BCUT2D eigenvalue weighted by atomic mass is 19.1. The number of anilines is 1. The van der Waals surface area contributed by atoms with Gasteiger partial charge in [-0.3, -0.25) is 19.6 Å². The van der Waals surface area contributed by atoms with Crippen molar-refractivity contribution < 1.29 is 14.1 Å². The van der Waals surface area contributed by atoms with Crippen LogP contribution in [0.4, 0.5) is 15.8 Å². The molecule has 0 bridgehead atoms. The standard InChI is InChI=1S/C11H9FN4O3/c1-15-6-8(5-13-15)14-11(17)7-2-3-10(16(18)19)9(12)4-7/h2-6H,1H3,(H,14,17). The number of halogens is 1. The SMILES string of the molecule is Cn1cc(NC(=O)c2ccc([N+](=O)[O-])c(F)c2)cn1. The maximum Gasteiger partial charge on any atom is 0.304 e. The number of nitrogens with zero attached hydrogens (tertiary/aromatic N) is 3. The number of aryl methyl sites for hydroxylation is 1. The topological polar surface area (TPSA) is 90.1 Å². The summed E-state index contributed by atoms with van der Waals surface area (Å²) in [6.07, 6.45) is 3.00. The van der Waals surface area contributed by atoms with Crippen molar-refractivity contribution in [1.82, 2.24) is 9.78 Å². The van der Waals surface area contributed by atoms with Crippen LogP contribution in [0.5, 0.6) is 0 Å². The minimum atomic E-state index is -1.05. The van der Waals surface area contributed by atoms with E-state index in [4.69, 9.17) is 0 Å².